The van der Waals surface area contributed by atoms with E-state index >= 15 is 0 Å². The highest BCUT2D eigenvalue weighted by Crippen LogP contribution is 2.31. The topological polar surface area (TPSA) is 59.8 Å². The zero-order valence-corrected chi connectivity index (χ0v) is 19.6. The summed E-state index contributed by atoms with van der Waals surface area (Å²) in [6, 6.07) is 16.4. The maximum atomic E-state index is 12.7. The molecule has 0 fully saturated rings. The first-order valence-electron chi connectivity index (χ1n) is 10.5. The third-order valence-corrected chi connectivity index (χ3v) is 6.92. The highest BCUT2D eigenvalue weighted by molar-refractivity contribution is 7.99. The number of thioether (sulfide) groups is 1. The molecule has 2 aromatic carbocycles. The van der Waals surface area contributed by atoms with Gasteiger partial charge in [-0.25, -0.2) is 0 Å². The Morgan fingerprint density at radius 1 is 1.16 bits per heavy atom. The van der Waals surface area contributed by atoms with Crippen molar-refractivity contribution in [2.24, 2.45) is 0 Å². The third kappa shape index (κ3) is 4.83. The average molecular weight is 451 g/mol. The average Bonchev–Trinajstić information content (AvgIpc) is 3.39. The number of rotatable bonds is 8. The second-order valence-corrected chi connectivity index (χ2v) is 9.62. The van der Waals surface area contributed by atoms with Gasteiger partial charge >= 0.3 is 0 Å². The molecule has 2 aromatic heterocycles. The van der Waals surface area contributed by atoms with Crippen molar-refractivity contribution < 1.29 is 4.79 Å². The van der Waals surface area contributed by atoms with E-state index in [1.165, 1.54) is 16.6 Å². The molecule has 4 rings (SSSR count). The predicted molar refractivity (Wildman–Crippen MR) is 131 cm³/mol. The van der Waals surface area contributed by atoms with E-state index in [9.17, 15) is 4.79 Å². The van der Waals surface area contributed by atoms with Crippen LogP contribution in [0.25, 0.3) is 22.2 Å². The molecule has 5 nitrogen and oxygen atoms in total. The van der Waals surface area contributed by atoms with Gasteiger partial charge in [0.25, 0.3) is 0 Å². The van der Waals surface area contributed by atoms with Crippen LogP contribution in [0.5, 0.6) is 0 Å². The first-order chi connectivity index (χ1) is 15.1. The molecule has 31 heavy (non-hydrogen) atoms. The molecule has 0 aliphatic carbocycles. The Bertz CT molecular complexity index is 1190. The Morgan fingerprint density at radius 2 is 1.97 bits per heavy atom. The first kappa shape index (κ1) is 21.6. The minimum atomic E-state index is -0.0537. The van der Waals surface area contributed by atoms with Crippen LogP contribution in [0.2, 0.25) is 0 Å². The van der Waals surface area contributed by atoms with E-state index in [1.54, 1.807) is 11.3 Å². The number of hydrogen-bond donors (Lipinski definition) is 1. The van der Waals surface area contributed by atoms with Crippen LogP contribution in [0.3, 0.4) is 0 Å². The van der Waals surface area contributed by atoms with Crippen molar-refractivity contribution in [1.29, 1.82) is 0 Å². The van der Waals surface area contributed by atoms with Gasteiger partial charge in [0, 0.05) is 32.9 Å². The highest BCUT2D eigenvalue weighted by Gasteiger charge is 2.19. The Hall–Kier alpha value is -2.64. The van der Waals surface area contributed by atoms with Crippen LogP contribution in [0.1, 0.15) is 38.1 Å². The molecular formula is C24H26N4OS2. The molecule has 0 aliphatic heterocycles. The number of anilines is 1. The van der Waals surface area contributed by atoms with Gasteiger partial charge in [-0.2, -0.15) is 0 Å². The summed E-state index contributed by atoms with van der Waals surface area (Å²) in [5, 5.41) is 17.0. The molecule has 1 N–H and O–H groups in total. The van der Waals surface area contributed by atoms with E-state index in [1.807, 2.05) is 42.5 Å². The number of carbonyl (C=O) groups is 1. The van der Waals surface area contributed by atoms with Crippen molar-refractivity contribution in [3.63, 3.8) is 0 Å². The molecule has 1 amide bonds. The van der Waals surface area contributed by atoms with E-state index in [0.29, 0.717) is 0 Å². The molecule has 0 unspecified atom stereocenters. The first-order valence-corrected chi connectivity index (χ1v) is 12.4. The van der Waals surface area contributed by atoms with Crippen LogP contribution in [0.15, 0.2) is 59.1 Å². The monoisotopic (exact) mass is 450 g/mol. The molecule has 7 heteroatoms. The number of carbonyl (C=O) groups excluding carboxylic acids is 1. The van der Waals surface area contributed by atoms with E-state index in [4.69, 9.17) is 0 Å². The summed E-state index contributed by atoms with van der Waals surface area (Å²) in [7, 11) is 0. The standard InChI is InChI=1S/C24H26N4OS2/c1-4-8-19-13-18(14-30-19)23-26-27-24(28(23)16(2)3)31-15-22(29)25-21-12-7-10-17-9-5-6-11-20(17)21/h5-7,9-14,16H,4,8,15H2,1-3H3,(H,25,29). The van der Waals surface area contributed by atoms with E-state index in [-0.39, 0.29) is 17.7 Å². The van der Waals surface area contributed by atoms with Gasteiger partial charge in [-0.1, -0.05) is 61.5 Å². The lowest BCUT2D eigenvalue weighted by atomic mass is 10.1. The Balaban J connectivity index is 1.49. The summed E-state index contributed by atoms with van der Waals surface area (Å²) in [4.78, 5) is 14.0. The summed E-state index contributed by atoms with van der Waals surface area (Å²) in [6.07, 6.45) is 2.21. The fraction of sp³-hybridized carbons (Fsp3) is 0.292. The van der Waals surface area contributed by atoms with E-state index in [0.717, 1.165) is 45.8 Å². The van der Waals surface area contributed by atoms with Crippen molar-refractivity contribution in [3.05, 3.63) is 58.8 Å². The van der Waals surface area contributed by atoms with Crippen LogP contribution >= 0.6 is 23.1 Å². The molecule has 2 heterocycles. The molecule has 0 saturated carbocycles. The van der Waals surface area contributed by atoms with Crippen molar-refractivity contribution in [2.45, 2.75) is 44.8 Å². The third-order valence-electron chi connectivity index (χ3n) is 4.99. The Kier molecular flexibility index (Phi) is 6.73. The number of aromatic nitrogens is 3. The van der Waals surface area contributed by atoms with Gasteiger partial charge in [-0.3, -0.25) is 9.36 Å². The lowest BCUT2D eigenvalue weighted by Crippen LogP contribution is -2.15. The molecular weight excluding hydrogens is 424 g/mol. The molecule has 160 valence electrons. The number of amides is 1. The number of nitrogens with one attached hydrogen (secondary N) is 1. The number of hydrogen-bond acceptors (Lipinski definition) is 5. The molecule has 0 saturated heterocycles. The van der Waals surface area contributed by atoms with Gasteiger partial charge in [-0.15, -0.1) is 21.5 Å². The van der Waals surface area contributed by atoms with Crippen molar-refractivity contribution in [1.82, 2.24) is 14.8 Å². The fourth-order valence-electron chi connectivity index (χ4n) is 3.56. The van der Waals surface area contributed by atoms with Crippen LogP contribution in [-0.4, -0.2) is 26.4 Å². The van der Waals surface area contributed by atoms with E-state index < -0.39 is 0 Å². The minimum Gasteiger partial charge on any atom is -0.325 e. The van der Waals surface area contributed by atoms with Gasteiger partial charge in [0.1, 0.15) is 0 Å². The zero-order chi connectivity index (χ0) is 21.8. The summed E-state index contributed by atoms with van der Waals surface area (Å²) in [6.45, 7) is 6.42. The fourth-order valence-corrected chi connectivity index (χ4v) is 5.40. The molecule has 4 aromatic rings. The van der Waals surface area contributed by atoms with Crippen LogP contribution in [0.4, 0.5) is 5.69 Å². The lowest BCUT2D eigenvalue weighted by molar-refractivity contribution is -0.113. The second kappa shape index (κ2) is 9.66. The number of fused-ring (bicyclic) bond motifs is 1. The number of thiophene rings is 1. The minimum absolute atomic E-state index is 0.0537. The van der Waals surface area contributed by atoms with Crippen LogP contribution in [0, 0.1) is 0 Å². The van der Waals surface area contributed by atoms with E-state index in [2.05, 4.69) is 52.3 Å². The number of benzene rings is 2. The van der Waals surface area contributed by atoms with Crippen molar-refractivity contribution in [3.8, 4) is 11.4 Å². The van der Waals surface area contributed by atoms with Crippen LogP contribution < -0.4 is 5.32 Å². The highest BCUT2D eigenvalue weighted by atomic mass is 32.2. The zero-order valence-electron chi connectivity index (χ0n) is 18.0. The molecule has 0 bridgehead atoms. The maximum Gasteiger partial charge on any atom is 0.234 e. The normalized spacial score (nSPS) is 11.4. The largest absolute Gasteiger partial charge is 0.325 e. The number of aryl methyl sites for hydroxylation is 1. The summed E-state index contributed by atoms with van der Waals surface area (Å²) < 4.78 is 2.12. The van der Waals surface area contributed by atoms with Crippen molar-refractivity contribution >= 4 is 45.5 Å². The SMILES string of the molecule is CCCc1cc(-c2nnc(SCC(=O)Nc3cccc4ccccc34)n2C(C)C)cs1. The quantitative estimate of drug-likeness (QED) is 0.315. The summed E-state index contributed by atoms with van der Waals surface area (Å²) in [5.74, 6) is 1.09. The Labute approximate surface area is 190 Å². The Morgan fingerprint density at radius 3 is 2.77 bits per heavy atom. The van der Waals surface area contributed by atoms with Crippen LogP contribution in [-0.2, 0) is 11.2 Å². The van der Waals surface area contributed by atoms with Gasteiger partial charge in [0.2, 0.25) is 5.91 Å². The van der Waals surface area contributed by atoms with Gasteiger partial charge < -0.3 is 5.32 Å². The van der Waals surface area contributed by atoms with Gasteiger partial charge in [0.05, 0.1) is 5.75 Å². The number of nitrogens with zero attached hydrogens (tertiary/aromatic N) is 3. The summed E-state index contributed by atoms with van der Waals surface area (Å²) >= 11 is 3.19. The smallest absolute Gasteiger partial charge is 0.234 e. The molecule has 0 radical (unpaired) electrons. The molecule has 0 spiro atoms. The van der Waals surface area contributed by atoms with Gasteiger partial charge in [0.15, 0.2) is 11.0 Å². The predicted octanol–water partition coefficient (Wildman–Crippen LogP) is 6.42. The van der Waals surface area contributed by atoms with Gasteiger partial charge in [-0.05, 0) is 37.8 Å². The molecule has 0 aliphatic rings. The lowest BCUT2D eigenvalue weighted by Gasteiger charge is -2.13. The maximum absolute atomic E-state index is 12.7. The second-order valence-electron chi connectivity index (χ2n) is 7.69. The summed E-state index contributed by atoms with van der Waals surface area (Å²) in [5.41, 5.74) is 1.93. The molecule has 0 atom stereocenters. The van der Waals surface area contributed by atoms with Crippen molar-refractivity contribution in [2.75, 3.05) is 11.1 Å².